The lowest BCUT2D eigenvalue weighted by atomic mass is 10.0. The van der Waals surface area contributed by atoms with E-state index < -0.39 is 0 Å². The number of hydrogen-bond donors (Lipinski definition) is 1. The topological polar surface area (TPSA) is 29.1 Å². The zero-order valence-electron chi connectivity index (χ0n) is 10.0. The van der Waals surface area contributed by atoms with E-state index >= 15 is 0 Å². The van der Waals surface area contributed by atoms with Gasteiger partial charge in [0.05, 0.1) is 0 Å². The molecule has 0 radical (unpaired) electrons. The van der Waals surface area contributed by atoms with Crippen LogP contribution in [-0.4, -0.2) is 18.3 Å². The molecule has 0 aromatic heterocycles. The second-order valence-electron chi connectivity index (χ2n) is 4.01. The van der Waals surface area contributed by atoms with Gasteiger partial charge in [0, 0.05) is 18.8 Å². The number of alkyl halides is 1. The van der Waals surface area contributed by atoms with Gasteiger partial charge in [0.25, 0.3) is 0 Å². The predicted molar refractivity (Wildman–Crippen MR) is 66.3 cm³/mol. The number of nitrogens with one attached hydrogen (secondary N) is 1. The largest absolute Gasteiger partial charge is 0.356 e. The molecule has 1 N–H and O–H groups in total. The molecule has 0 aliphatic carbocycles. The smallest absolute Gasteiger partial charge is 0.220 e. The van der Waals surface area contributed by atoms with Crippen LogP contribution in [0.4, 0.5) is 0 Å². The summed E-state index contributed by atoms with van der Waals surface area (Å²) >= 11 is 5.68. The van der Waals surface area contributed by atoms with Crippen LogP contribution < -0.4 is 5.32 Å². The van der Waals surface area contributed by atoms with Crippen molar-refractivity contribution in [3.63, 3.8) is 0 Å². The van der Waals surface area contributed by atoms with Crippen molar-refractivity contribution in [2.75, 3.05) is 12.4 Å². The van der Waals surface area contributed by atoms with Crippen molar-refractivity contribution < 1.29 is 4.79 Å². The fourth-order valence-corrected chi connectivity index (χ4v) is 1.80. The summed E-state index contributed by atoms with van der Waals surface area (Å²) in [5.41, 5.74) is 0. The van der Waals surface area contributed by atoms with Crippen LogP contribution in [0.2, 0.25) is 0 Å². The molecule has 3 heteroatoms. The van der Waals surface area contributed by atoms with Crippen molar-refractivity contribution in [2.24, 2.45) is 5.92 Å². The van der Waals surface area contributed by atoms with Crippen LogP contribution in [0.3, 0.4) is 0 Å². The number of unbranched alkanes of at least 4 members (excludes halogenated alkanes) is 2. The van der Waals surface area contributed by atoms with Crippen LogP contribution in [-0.2, 0) is 4.79 Å². The van der Waals surface area contributed by atoms with E-state index in [-0.39, 0.29) is 5.91 Å². The van der Waals surface area contributed by atoms with Gasteiger partial charge in [-0.25, -0.2) is 0 Å². The molecule has 0 aliphatic rings. The summed E-state index contributed by atoms with van der Waals surface area (Å²) in [4.78, 5) is 11.4. The highest BCUT2D eigenvalue weighted by molar-refractivity contribution is 6.17. The highest BCUT2D eigenvalue weighted by Crippen LogP contribution is 2.08. The van der Waals surface area contributed by atoms with Crippen molar-refractivity contribution in [1.29, 1.82) is 0 Å². The lowest BCUT2D eigenvalue weighted by Gasteiger charge is -2.13. The first kappa shape index (κ1) is 14.8. The van der Waals surface area contributed by atoms with E-state index in [1.54, 1.807) is 0 Å². The van der Waals surface area contributed by atoms with Crippen molar-refractivity contribution >= 4 is 17.5 Å². The van der Waals surface area contributed by atoms with Crippen LogP contribution >= 0.6 is 11.6 Å². The Bertz CT molecular complexity index is 162. The van der Waals surface area contributed by atoms with Crippen LogP contribution in [0.1, 0.15) is 52.4 Å². The minimum atomic E-state index is 0.191. The van der Waals surface area contributed by atoms with E-state index in [1.165, 1.54) is 0 Å². The number of carbonyl (C=O) groups excluding carboxylic acids is 1. The fourth-order valence-electron chi connectivity index (χ4n) is 1.49. The minimum absolute atomic E-state index is 0.191. The Hall–Kier alpha value is -0.240. The molecule has 0 rings (SSSR count). The van der Waals surface area contributed by atoms with Gasteiger partial charge in [-0.1, -0.05) is 33.1 Å². The Kier molecular flexibility index (Phi) is 10.1. The van der Waals surface area contributed by atoms with Crippen LogP contribution in [0.25, 0.3) is 0 Å². The maximum atomic E-state index is 11.4. The average molecular weight is 234 g/mol. The summed E-state index contributed by atoms with van der Waals surface area (Å²) in [5.74, 6) is 1.42. The van der Waals surface area contributed by atoms with Gasteiger partial charge in [-0.05, 0) is 18.8 Å². The van der Waals surface area contributed by atoms with E-state index in [9.17, 15) is 4.79 Å². The normalized spacial score (nSPS) is 12.5. The Morgan fingerprint density at radius 1 is 1.33 bits per heavy atom. The van der Waals surface area contributed by atoms with E-state index in [0.717, 1.165) is 38.6 Å². The maximum Gasteiger partial charge on any atom is 0.220 e. The summed E-state index contributed by atoms with van der Waals surface area (Å²) in [6.45, 7) is 5.07. The van der Waals surface area contributed by atoms with Crippen LogP contribution in [0.5, 0.6) is 0 Å². The molecule has 0 saturated heterocycles. The van der Waals surface area contributed by atoms with Crippen LogP contribution in [0.15, 0.2) is 0 Å². The SMILES string of the molecule is CCCCCC(=O)NCC(CC)CCCl. The number of amides is 1. The number of halogens is 1. The average Bonchev–Trinajstić information content (AvgIpc) is 2.24. The highest BCUT2D eigenvalue weighted by Gasteiger charge is 2.07. The Labute approximate surface area is 98.8 Å². The van der Waals surface area contributed by atoms with Gasteiger partial charge in [0.15, 0.2) is 0 Å². The van der Waals surface area contributed by atoms with Crippen molar-refractivity contribution in [3.8, 4) is 0 Å². The monoisotopic (exact) mass is 233 g/mol. The first-order valence-corrected chi connectivity index (χ1v) is 6.60. The molecule has 90 valence electrons. The molecule has 0 spiro atoms. The Morgan fingerprint density at radius 2 is 2.07 bits per heavy atom. The molecule has 15 heavy (non-hydrogen) atoms. The standard InChI is InChI=1S/C12H24ClNO/c1-3-5-6-7-12(15)14-10-11(4-2)8-9-13/h11H,3-10H2,1-2H3,(H,14,15). The fraction of sp³-hybridized carbons (Fsp3) is 0.917. The molecular weight excluding hydrogens is 210 g/mol. The third-order valence-electron chi connectivity index (χ3n) is 2.69. The molecule has 0 bridgehead atoms. The molecule has 2 nitrogen and oxygen atoms in total. The van der Waals surface area contributed by atoms with E-state index in [2.05, 4.69) is 19.2 Å². The lowest BCUT2D eigenvalue weighted by molar-refractivity contribution is -0.121. The van der Waals surface area contributed by atoms with Gasteiger partial charge in [-0.2, -0.15) is 0 Å². The molecule has 0 aromatic rings. The summed E-state index contributed by atoms with van der Waals surface area (Å²) in [6.07, 6.45) is 6.07. The molecule has 0 aliphatic heterocycles. The Balaban J connectivity index is 3.50. The van der Waals surface area contributed by atoms with Gasteiger partial charge in [0.1, 0.15) is 0 Å². The first-order valence-electron chi connectivity index (χ1n) is 6.07. The van der Waals surface area contributed by atoms with E-state index in [0.29, 0.717) is 18.2 Å². The van der Waals surface area contributed by atoms with Crippen molar-refractivity contribution in [1.82, 2.24) is 5.32 Å². The number of carbonyl (C=O) groups is 1. The zero-order valence-corrected chi connectivity index (χ0v) is 10.8. The molecular formula is C12H24ClNO. The highest BCUT2D eigenvalue weighted by atomic mass is 35.5. The van der Waals surface area contributed by atoms with Crippen molar-refractivity contribution in [2.45, 2.75) is 52.4 Å². The molecule has 0 aromatic carbocycles. The van der Waals surface area contributed by atoms with Gasteiger partial charge in [0.2, 0.25) is 5.91 Å². The van der Waals surface area contributed by atoms with Gasteiger partial charge in [-0.15, -0.1) is 11.6 Å². The van der Waals surface area contributed by atoms with Crippen molar-refractivity contribution in [3.05, 3.63) is 0 Å². The summed E-state index contributed by atoms with van der Waals surface area (Å²) in [7, 11) is 0. The Morgan fingerprint density at radius 3 is 2.60 bits per heavy atom. The van der Waals surface area contributed by atoms with Gasteiger partial charge >= 0.3 is 0 Å². The van der Waals surface area contributed by atoms with Gasteiger partial charge in [-0.3, -0.25) is 4.79 Å². The van der Waals surface area contributed by atoms with Gasteiger partial charge < -0.3 is 5.32 Å². The second kappa shape index (κ2) is 10.3. The first-order chi connectivity index (χ1) is 7.24. The molecule has 0 heterocycles. The second-order valence-corrected chi connectivity index (χ2v) is 4.39. The summed E-state index contributed by atoms with van der Waals surface area (Å²) < 4.78 is 0. The quantitative estimate of drug-likeness (QED) is 0.480. The number of rotatable bonds is 9. The number of hydrogen-bond acceptors (Lipinski definition) is 1. The molecule has 0 fully saturated rings. The summed E-state index contributed by atoms with van der Waals surface area (Å²) in [6, 6.07) is 0. The van der Waals surface area contributed by atoms with E-state index in [4.69, 9.17) is 11.6 Å². The van der Waals surface area contributed by atoms with Crippen LogP contribution in [0, 0.1) is 5.92 Å². The minimum Gasteiger partial charge on any atom is -0.356 e. The molecule has 1 amide bonds. The third kappa shape index (κ3) is 8.73. The maximum absolute atomic E-state index is 11.4. The van der Waals surface area contributed by atoms with E-state index in [1.807, 2.05) is 0 Å². The summed E-state index contributed by atoms with van der Waals surface area (Å²) in [5, 5.41) is 2.98. The predicted octanol–water partition coefficient (Wildman–Crippen LogP) is 3.34. The zero-order chi connectivity index (χ0) is 11.5. The lowest BCUT2D eigenvalue weighted by Crippen LogP contribution is -2.29. The molecule has 0 saturated carbocycles. The molecule has 1 atom stereocenters. The molecule has 1 unspecified atom stereocenters. The third-order valence-corrected chi connectivity index (χ3v) is 2.91.